The summed E-state index contributed by atoms with van der Waals surface area (Å²) >= 11 is 3.36. The third kappa shape index (κ3) is 2.27. The van der Waals surface area contributed by atoms with Crippen LogP contribution in [0.1, 0.15) is 10.5 Å². The van der Waals surface area contributed by atoms with Gasteiger partial charge < -0.3 is 10.2 Å². The normalized spacial score (nSPS) is 10.6. The van der Waals surface area contributed by atoms with Gasteiger partial charge in [0.25, 0.3) is 0 Å². The van der Waals surface area contributed by atoms with Crippen LogP contribution < -0.4 is 0 Å². The number of carboxylic acids is 1. The van der Waals surface area contributed by atoms with Gasteiger partial charge in [-0.15, -0.1) is 5.10 Å². The average Bonchev–Trinajstić information content (AvgIpc) is 2.74. The van der Waals surface area contributed by atoms with Gasteiger partial charge in [-0.25, -0.2) is 9.48 Å². The molecule has 2 N–H and O–H groups in total. The van der Waals surface area contributed by atoms with Crippen molar-refractivity contribution in [2.75, 3.05) is 6.61 Å². The highest BCUT2D eigenvalue weighted by molar-refractivity contribution is 9.10. The van der Waals surface area contributed by atoms with Crippen molar-refractivity contribution in [2.24, 2.45) is 0 Å². The molecule has 0 amide bonds. The van der Waals surface area contributed by atoms with Crippen LogP contribution in [0.15, 0.2) is 28.7 Å². The molecule has 1 aromatic heterocycles. The summed E-state index contributed by atoms with van der Waals surface area (Å²) in [6, 6.07) is 7.19. The fourth-order valence-electron chi connectivity index (χ4n) is 1.63. The number of aliphatic hydroxyl groups excluding tert-OH is 1. The Morgan fingerprint density at radius 1 is 1.39 bits per heavy atom. The van der Waals surface area contributed by atoms with Crippen LogP contribution in [0.5, 0.6) is 0 Å². The molecule has 2 rings (SSSR count). The van der Waals surface area contributed by atoms with Crippen molar-refractivity contribution in [3.05, 3.63) is 34.4 Å². The second-order valence-electron chi connectivity index (χ2n) is 3.52. The SMILES string of the molecule is O=C(O)c1nnn(CCO)c1-c1ccccc1Br. The Bertz CT molecular complexity index is 583. The number of benzene rings is 1. The summed E-state index contributed by atoms with van der Waals surface area (Å²) in [5.74, 6) is -1.15. The Kier molecular flexibility index (Phi) is 3.73. The summed E-state index contributed by atoms with van der Waals surface area (Å²) in [6.45, 7) is 0.0524. The minimum absolute atomic E-state index is 0.129. The lowest BCUT2D eigenvalue weighted by Gasteiger charge is -2.07. The van der Waals surface area contributed by atoms with Crippen LogP contribution in [0, 0.1) is 0 Å². The molecule has 18 heavy (non-hydrogen) atoms. The maximum Gasteiger partial charge on any atom is 0.358 e. The molecule has 0 saturated carbocycles. The van der Waals surface area contributed by atoms with Gasteiger partial charge in [0.15, 0.2) is 5.69 Å². The van der Waals surface area contributed by atoms with Crippen LogP contribution in [0.2, 0.25) is 0 Å². The molecule has 0 fully saturated rings. The van der Waals surface area contributed by atoms with E-state index in [4.69, 9.17) is 10.2 Å². The third-order valence-electron chi connectivity index (χ3n) is 2.38. The summed E-state index contributed by atoms with van der Waals surface area (Å²) in [6.07, 6.45) is 0. The zero-order valence-corrected chi connectivity index (χ0v) is 10.8. The molecule has 0 radical (unpaired) electrons. The zero-order valence-electron chi connectivity index (χ0n) is 9.25. The lowest BCUT2D eigenvalue weighted by Crippen LogP contribution is -2.07. The smallest absolute Gasteiger partial charge is 0.358 e. The van der Waals surface area contributed by atoms with Gasteiger partial charge in [0.2, 0.25) is 0 Å². The lowest BCUT2D eigenvalue weighted by molar-refractivity contribution is 0.0691. The van der Waals surface area contributed by atoms with Crippen molar-refractivity contribution in [1.29, 1.82) is 0 Å². The monoisotopic (exact) mass is 311 g/mol. The van der Waals surface area contributed by atoms with Crippen LogP contribution >= 0.6 is 15.9 Å². The fourth-order valence-corrected chi connectivity index (χ4v) is 2.10. The predicted molar refractivity (Wildman–Crippen MR) is 67.2 cm³/mol. The van der Waals surface area contributed by atoms with E-state index in [2.05, 4.69) is 26.2 Å². The van der Waals surface area contributed by atoms with Gasteiger partial charge in [-0.1, -0.05) is 39.3 Å². The Morgan fingerprint density at radius 3 is 2.72 bits per heavy atom. The maximum atomic E-state index is 11.1. The molecule has 0 aliphatic heterocycles. The summed E-state index contributed by atoms with van der Waals surface area (Å²) in [7, 11) is 0. The van der Waals surface area contributed by atoms with E-state index in [1.54, 1.807) is 18.2 Å². The van der Waals surface area contributed by atoms with Gasteiger partial charge in [-0.3, -0.25) is 0 Å². The molecule has 6 nitrogen and oxygen atoms in total. The van der Waals surface area contributed by atoms with Gasteiger partial charge in [0.1, 0.15) is 5.69 Å². The first-order chi connectivity index (χ1) is 8.65. The van der Waals surface area contributed by atoms with Crippen molar-refractivity contribution >= 4 is 21.9 Å². The number of aliphatic hydroxyl groups is 1. The van der Waals surface area contributed by atoms with Crippen LogP contribution in [0.25, 0.3) is 11.3 Å². The Hall–Kier alpha value is -1.73. The number of hydrogen-bond donors (Lipinski definition) is 2. The van der Waals surface area contributed by atoms with Crippen LogP contribution in [0.3, 0.4) is 0 Å². The summed E-state index contributed by atoms with van der Waals surface area (Å²) in [5.41, 5.74) is 0.924. The molecule has 0 saturated heterocycles. The second-order valence-corrected chi connectivity index (χ2v) is 4.37. The van der Waals surface area contributed by atoms with Crippen molar-refractivity contribution < 1.29 is 15.0 Å². The third-order valence-corrected chi connectivity index (χ3v) is 3.07. The average molecular weight is 312 g/mol. The van der Waals surface area contributed by atoms with E-state index in [0.717, 1.165) is 4.47 Å². The fraction of sp³-hybridized carbons (Fsp3) is 0.182. The molecule has 1 aromatic carbocycles. The molecule has 0 atom stereocenters. The molecule has 0 unspecified atom stereocenters. The summed E-state index contributed by atoms with van der Waals surface area (Å²) in [5, 5.41) is 25.4. The van der Waals surface area contributed by atoms with Crippen LogP contribution in [0.4, 0.5) is 0 Å². The Morgan fingerprint density at radius 2 is 2.11 bits per heavy atom. The van der Waals surface area contributed by atoms with Crippen molar-refractivity contribution in [3.8, 4) is 11.3 Å². The number of nitrogens with zero attached hydrogens (tertiary/aromatic N) is 3. The number of aromatic carboxylic acids is 1. The van der Waals surface area contributed by atoms with E-state index >= 15 is 0 Å². The molecule has 0 spiro atoms. The number of carbonyl (C=O) groups is 1. The summed E-state index contributed by atoms with van der Waals surface area (Å²) in [4.78, 5) is 11.1. The molecule has 94 valence electrons. The lowest BCUT2D eigenvalue weighted by atomic mass is 10.1. The Labute approximate surface area is 111 Å². The van der Waals surface area contributed by atoms with E-state index in [1.165, 1.54) is 4.68 Å². The molecule has 0 bridgehead atoms. The number of rotatable bonds is 4. The quantitative estimate of drug-likeness (QED) is 0.891. The highest BCUT2D eigenvalue weighted by Crippen LogP contribution is 2.29. The molecular weight excluding hydrogens is 302 g/mol. The van der Waals surface area contributed by atoms with Crippen molar-refractivity contribution in [1.82, 2.24) is 15.0 Å². The number of carboxylic acid groups (broad SMARTS) is 1. The van der Waals surface area contributed by atoms with E-state index in [9.17, 15) is 4.79 Å². The first kappa shape index (κ1) is 12.7. The molecule has 0 aliphatic carbocycles. The number of hydrogen-bond acceptors (Lipinski definition) is 4. The minimum atomic E-state index is -1.15. The topological polar surface area (TPSA) is 88.2 Å². The summed E-state index contributed by atoms with van der Waals surface area (Å²) < 4.78 is 2.12. The van der Waals surface area contributed by atoms with Gasteiger partial charge in [0, 0.05) is 10.0 Å². The highest BCUT2D eigenvalue weighted by atomic mass is 79.9. The van der Waals surface area contributed by atoms with Crippen molar-refractivity contribution in [2.45, 2.75) is 6.54 Å². The molecule has 1 heterocycles. The van der Waals surface area contributed by atoms with Crippen molar-refractivity contribution in [3.63, 3.8) is 0 Å². The van der Waals surface area contributed by atoms with E-state index in [1.807, 2.05) is 6.07 Å². The van der Waals surface area contributed by atoms with E-state index < -0.39 is 5.97 Å². The highest BCUT2D eigenvalue weighted by Gasteiger charge is 2.21. The van der Waals surface area contributed by atoms with E-state index in [0.29, 0.717) is 11.3 Å². The Balaban J connectivity index is 2.63. The number of aromatic nitrogens is 3. The van der Waals surface area contributed by atoms with Gasteiger partial charge in [0.05, 0.1) is 13.2 Å². The van der Waals surface area contributed by atoms with Gasteiger partial charge in [-0.05, 0) is 6.07 Å². The van der Waals surface area contributed by atoms with Crippen LogP contribution in [-0.2, 0) is 6.54 Å². The maximum absolute atomic E-state index is 11.1. The number of halogens is 1. The van der Waals surface area contributed by atoms with Gasteiger partial charge >= 0.3 is 5.97 Å². The zero-order chi connectivity index (χ0) is 13.1. The second kappa shape index (κ2) is 5.28. The molecule has 7 heteroatoms. The standard InChI is InChI=1S/C11H10BrN3O3/c12-8-4-2-1-3-7(8)10-9(11(17)18)13-14-15(10)5-6-16/h1-4,16H,5-6H2,(H,17,18). The predicted octanol–water partition coefficient (Wildman–Crippen LogP) is 1.40. The molecule has 2 aromatic rings. The molecule has 0 aliphatic rings. The van der Waals surface area contributed by atoms with Gasteiger partial charge in [-0.2, -0.15) is 0 Å². The largest absolute Gasteiger partial charge is 0.476 e. The van der Waals surface area contributed by atoms with Crippen LogP contribution in [-0.4, -0.2) is 37.8 Å². The first-order valence-corrected chi connectivity index (χ1v) is 5.97. The minimum Gasteiger partial charge on any atom is -0.476 e. The van der Waals surface area contributed by atoms with E-state index in [-0.39, 0.29) is 18.8 Å². The first-order valence-electron chi connectivity index (χ1n) is 5.17. The molecular formula is C11H10BrN3O3.